The number of benzene rings is 9. The quantitative estimate of drug-likeness (QED) is 0.147. The van der Waals surface area contributed by atoms with Crippen LogP contribution < -0.4 is 31.1 Å². The summed E-state index contributed by atoms with van der Waals surface area (Å²) in [7, 11) is 0. The summed E-state index contributed by atoms with van der Waals surface area (Å²) in [6.45, 7) is 36.3. The minimum Gasteiger partial charge on any atom is -0.311 e. The zero-order valence-electron chi connectivity index (χ0n) is 51.4. The van der Waals surface area contributed by atoms with E-state index in [0.717, 1.165) is 29.9 Å². The smallest absolute Gasteiger partial charge is 0.252 e. The van der Waals surface area contributed by atoms with E-state index >= 15 is 0 Å². The first kappa shape index (κ1) is 53.7. The fourth-order valence-corrected chi connectivity index (χ4v) is 15.0. The minimum absolute atomic E-state index is 0.0263. The molecule has 9 aromatic carbocycles. The molecule has 0 N–H and O–H groups in total. The van der Waals surface area contributed by atoms with Gasteiger partial charge in [0.05, 0.1) is 5.69 Å². The van der Waals surface area contributed by atoms with Crippen LogP contribution in [-0.2, 0) is 32.5 Å². The van der Waals surface area contributed by atoms with Gasteiger partial charge in [-0.25, -0.2) is 0 Å². The predicted octanol–water partition coefficient (Wildman–Crippen LogP) is 19.8. The fraction of sp³-hybridized carbons (Fsp3) is 0.308. The van der Waals surface area contributed by atoms with Gasteiger partial charge < -0.3 is 14.7 Å². The van der Waals surface area contributed by atoms with Crippen molar-refractivity contribution >= 4 is 74.3 Å². The van der Waals surface area contributed by atoms with Crippen LogP contribution >= 0.6 is 0 Å². The molecule has 2 aliphatic carbocycles. The van der Waals surface area contributed by atoms with Crippen molar-refractivity contribution in [2.24, 2.45) is 0 Å². The molecular weight excluding hydrogens is 990 g/mol. The summed E-state index contributed by atoms with van der Waals surface area (Å²) in [6.07, 6.45) is 3.43. The molecule has 0 spiro atoms. The van der Waals surface area contributed by atoms with Gasteiger partial charge in [-0.2, -0.15) is 0 Å². The van der Waals surface area contributed by atoms with Crippen LogP contribution in [0.15, 0.2) is 188 Å². The molecular formula is C78H82BN3. The average Bonchev–Trinajstić information content (AvgIpc) is 1.54. The van der Waals surface area contributed by atoms with Gasteiger partial charge in [0.1, 0.15) is 0 Å². The van der Waals surface area contributed by atoms with E-state index < -0.39 is 0 Å². The number of rotatable bonds is 7. The zero-order valence-corrected chi connectivity index (χ0v) is 51.4. The first-order chi connectivity index (χ1) is 38.8. The zero-order chi connectivity index (χ0) is 57.6. The number of fused-ring (bicyclic) bond motifs is 6. The molecule has 0 saturated heterocycles. The van der Waals surface area contributed by atoms with E-state index in [-0.39, 0.29) is 39.2 Å². The van der Waals surface area contributed by atoms with Crippen molar-refractivity contribution in [3.05, 3.63) is 227 Å². The van der Waals surface area contributed by atoms with Gasteiger partial charge in [0.15, 0.2) is 0 Å². The van der Waals surface area contributed by atoms with E-state index in [4.69, 9.17) is 0 Å². The van der Waals surface area contributed by atoms with Gasteiger partial charge in [0.25, 0.3) is 6.71 Å². The van der Waals surface area contributed by atoms with Crippen molar-refractivity contribution in [1.82, 2.24) is 0 Å². The lowest BCUT2D eigenvalue weighted by Crippen LogP contribution is -2.61. The largest absolute Gasteiger partial charge is 0.311 e. The molecule has 4 heteroatoms. The molecule has 0 unspecified atom stereocenters. The topological polar surface area (TPSA) is 9.72 Å². The van der Waals surface area contributed by atoms with Crippen molar-refractivity contribution in [1.29, 1.82) is 0 Å². The van der Waals surface area contributed by atoms with Gasteiger partial charge in [-0.15, -0.1) is 0 Å². The van der Waals surface area contributed by atoms with Crippen LogP contribution in [0.3, 0.4) is 0 Å². The maximum atomic E-state index is 2.75. The fourth-order valence-electron chi connectivity index (χ4n) is 15.0. The summed E-state index contributed by atoms with van der Waals surface area (Å²) in [5, 5.41) is 0. The summed E-state index contributed by atoms with van der Waals surface area (Å²) in [4.78, 5) is 7.83. The highest BCUT2D eigenvalue weighted by Crippen LogP contribution is 2.55. The van der Waals surface area contributed by atoms with Gasteiger partial charge >= 0.3 is 0 Å². The molecule has 0 amide bonds. The minimum atomic E-state index is -0.180. The number of hydrogen-bond donors (Lipinski definition) is 0. The lowest BCUT2D eigenvalue weighted by Gasteiger charge is -2.46. The Kier molecular flexibility index (Phi) is 12.3. The Morgan fingerprint density at radius 2 is 0.890 bits per heavy atom. The van der Waals surface area contributed by atoms with E-state index in [1.807, 2.05) is 0 Å². The summed E-state index contributed by atoms with van der Waals surface area (Å²) >= 11 is 0. The molecule has 0 saturated carbocycles. The molecule has 2 aliphatic heterocycles. The SMILES string of the molecule is Cc1cc(-c2ccccc2)ccc1N1c2ccc(N(c3ccccc3)c3ccccc3)cc2B2c3cc4c(cc3N(c3ccc(C(C)(C)C)cc3-c3ccc5c(c3)C(C)(C)CCC5(C)C)c3cc(C(C)(C)C)cc1c32)C(C)(C)CC4(C)C. The van der Waals surface area contributed by atoms with E-state index in [9.17, 15) is 0 Å². The van der Waals surface area contributed by atoms with Crippen LogP contribution in [0.1, 0.15) is 155 Å². The molecule has 0 fully saturated rings. The van der Waals surface area contributed by atoms with Gasteiger partial charge in [0, 0.05) is 51.1 Å². The third-order valence-electron chi connectivity index (χ3n) is 19.5. The second-order valence-electron chi connectivity index (χ2n) is 29.3. The Balaban J connectivity index is 1.16. The van der Waals surface area contributed by atoms with Gasteiger partial charge in [-0.05, 0) is 216 Å². The molecule has 2 heterocycles. The molecule has 0 bridgehead atoms. The molecule has 3 nitrogen and oxygen atoms in total. The number of nitrogens with zero attached hydrogens (tertiary/aromatic N) is 3. The van der Waals surface area contributed by atoms with Crippen LogP contribution in [0.5, 0.6) is 0 Å². The number of hydrogen-bond acceptors (Lipinski definition) is 3. The molecule has 9 aromatic rings. The molecule has 0 aromatic heterocycles. The van der Waals surface area contributed by atoms with Gasteiger partial charge in [0.2, 0.25) is 0 Å². The van der Waals surface area contributed by atoms with Crippen LogP contribution in [0.2, 0.25) is 0 Å². The van der Waals surface area contributed by atoms with Crippen molar-refractivity contribution in [2.75, 3.05) is 14.7 Å². The molecule has 412 valence electrons. The maximum absolute atomic E-state index is 2.75. The van der Waals surface area contributed by atoms with Gasteiger partial charge in [-0.3, -0.25) is 0 Å². The first-order valence-electron chi connectivity index (χ1n) is 30.3. The van der Waals surface area contributed by atoms with Crippen molar-refractivity contribution in [3.8, 4) is 22.3 Å². The maximum Gasteiger partial charge on any atom is 0.252 e. The Morgan fingerprint density at radius 3 is 1.49 bits per heavy atom. The van der Waals surface area contributed by atoms with Crippen LogP contribution in [0.4, 0.5) is 51.2 Å². The molecule has 13 rings (SSSR count). The molecule has 0 radical (unpaired) electrons. The third-order valence-corrected chi connectivity index (χ3v) is 19.5. The normalized spacial score (nSPS) is 16.9. The number of aryl methyl sites for hydroxylation is 1. The second-order valence-corrected chi connectivity index (χ2v) is 29.3. The van der Waals surface area contributed by atoms with E-state index in [0.29, 0.717) is 0 Å². The molecule has 82 heavy (non-hydrogen) atoms. The number of anilines is 9. The standard InChI is InChI=1S/C78H82BN3/c1-50-41-52(51-25-19-16-20-26-51)32-36-66(50)81-68-38-34-58(80(56-27-21-17-22-28-56)57-29-23-18-24-30-57)46-64(68)79-65-47-62-63(78(14,15)49-77(62,12)13)48-69(65)82(71-45-55(74(5,6)7)44-70(81)72(71)79)67-37-33-54(73(2,3)4)43-59(67)53-31-35-60-61(42-53)76(10,11)40-39-75(60,8)9/h16-38,41-48H,39-40,49H2,1-15H3. The van der Waals surface area contributed by atoms with E-state index in [2.05, 4.69) is 307 Å². The number of para-hydroxylation sites is 2. The Hall–Kier alpha value is -7.56. The Labute approximate surface area is 491 Å². The summed E-state index contributed by atoms with van der Waals surface area (Å²) in [5.41, 5.74) is 29.4. The highest BCUT2D eigenvalue weighted by molar-refractivity contribution is 7.00. The van der Waals surface area contributed by atoms with E-state index in [1.165, 1.54) is 118 Å². The Bertz CT molecular complexity index is 3960. The average molecular weight is 1070 g/mol. The first-order valence-corrected chi connectivity index (χ1v) is 30.3. The summed E-state index contributed by atoms with van der Waals surface area (Å²) in [5.74, 6) is 0. The highest BCUT2D eigenvalue weighted by Gasteiger charge is 2.49. The monoisotopic (exact) mass is 1070 g/mol. The Morgan fingerprint density at radius 1 is 0.378 bits per heavy atom. The van der Waals surface area contributed by atoms with Crippen molar-refractivity contribution < 1.29 is 0 Å². The molecule has 4 aliphatic rings. The lowest BCUT2D eigenvalue weighted by atomic mass is 9.33. The summed E-state index contributed by atoms with van der Waals surface area (Å²) in [6, 6.07) is 72.7. The van der Waals surface area contributed by atoms with Crippen molar-refractivity contribution in [2.45, 2.75) is 156 Å². The molecule has 0 atom stereocenters. The second kappa shape index (κ2) is 18.7. The van der Waals surface area contributed by atoms with Crippen LogP contribution in [0, 0.1) is 6.92 Å². The third kappa shape index (κ3) is 8.76. The lowest BCUT2D eigenvalue weighted by molar-refractivity contribution is 0.332. The summed E-state index contributed by atoms with van der Waals surface area (Å²) < 4.78 is 0. The van der Waals surface area contributed by atoms with Gasteiger partial charge in [-0.1, -0.05) is 200 Å². The highest BCUT2D eigenvalue weighted by atomic mass is 15.2. The van der Waals surface area contributed by atoms with Crippen LogP contribution in [-0.4, -0.2) is 6.71 Å². The van der Waals surface area contributed by atoms with E-state index in [1.54, 1.807) is 0 Å². The predicted molar refractivity (Wildman–Crippen MR) is 354 cm³/mol. The van der Waals surface area contributed by atoms with Crippen molar-refractivity contribution in [3.63, 3.8) is 0 Å². The van der Waals surface area contributed by atoms with Crippen LogP contribution in [0.25, 0.3) is 22.3 Å².